The average molecular weight is 218 g/mol. The van der Waals surface area contributed by atoms with Crippen molar-refractivity contribution in [1.82, 2.24) is 0 Å². The number of carbonyl (C=O) groups excluding carboxylic acids is 1. The quantitative estimate of drug-likeness (QED) is 0.707. The third-order valence-corrected chi connectivity index (χ3v) is 2.24. The zero-order valence-electron chi connectivity index (χ0n) is 8.28. The SMILES string of the molecule is O=C(c1ccccc1F)c1ccccc1F. The second kappa shape index (κ2) is 4.23. The van der Waals surface area contributed by atoms with Gasteiger partial charge in [-0.25, -0.2) is 8.78 Å². The first kappa shape index (κ1) is 10.5. The van der Waals surface area contributed by atoms with Gasteiger partial charge in [0, 0.05) is 0 Å². The van der Waals surface area contributed by atoms with Crippen LogP contribution >= 0.6 is 0 Å². The van der Waals surface area contributed by atoms with Gasteiger partial charge in [-0.3, -0.25) is 4.79 Å². The summed E-state index contributed by atoms with van der Waals surface area (Å²) in [6.45, 7) is 0. The van der Waals surface area contributed by atoms with Crippen LogP contribution in [0.4, 0.5) is 8.78 Å². The number of hydrogen-bond donors (Lipinski definition) is 0. The van der Waals surface area contributed by atoms with Crippen LogP contribution in [-0.4, -0.2) is 5.78 Å². The summed E-state index contributed by atoms with van der Waals surface area (Å²) in [5, 5.41) is 0. The van der Waals surface area contributed by atoms with Gasteiger partial charge < -0.3 is 0 Å². The number of carbonyl (C=O) groups is 1. The van der Waals surface area contributed by atoms with Crippen molar-refractivity contribution in [2.24, 2.45) is 0 Å². The molecule has 2 aromatic rings. The number of ketones is 1. The Kier molecular flexibility index (Phi) is 2.77. The molecule has 0 saturated heterocycles. The van der Waals surface area contributed by atoms with Crippen LogP contribution in [0, 0.1) is 11.6 Å². The molecule has 3 heteroatoms. The Morgan fingerprint density at radius 2 is 1.12 bits per heavy atom. The number of benzene rings is 2. The summed E-state index contributed by atoms with van der Waals surface area (Å²) < 4.78 is 26.6. The molecule has 0 unspecified atom stereocenters. The van der Waals surface area contributed by atoms with Crippen LogP contribution in [0.15, 0.2) is 48.5 Å². The van der Waals surface area contributed by atoms with Gasteiger partial charge in [0.1, 0.15) is 11.6 Å². The van der Waals surface area contributed by atoms with E-state index in [1.165, 1.54) is 48.5 Å². The Morgan fingerprint density at radius 3 is 1.50 bits per heavy atom. The third kappa shape index (κ3) is 1.84. The molecule has 0 N–H and O–H groups in total. The monoisotopic (exact) mass is 218 g/mol. The van der Waals surface area contributed by atoms with Crippen molar-refractivity contribution in [1.29, 1.82) is 0 Å². The summed E-state index contributed by atoms with van der Waals surface area (Å²) in [6.07, 6.45) is 0. The Bertz CT molecular complexity index is 487. The average Bonchev–Trinajstić information content (AvgIpc) is 2.29. The fourth-order valence-electron chi connectivity index (χ4n) is 1.44. The largest absolute Gasteiger partial charge is 0.288 e. The lowest BCUT2D eigenvalue weighted by molar-refractivity contribution is 0.103. The molecule has 2 rings (SSSR count). The summed E-state index contributed by atoms with van der Waals surface area (Å²) in [6, 6.07) is 11.1. The van der Waals surface area contributed by atoms with Crippen molar-refractivity contribution in [3.8, 4) is 0 Å². The summed E-state index contributed by atoms with van der Waals surface area (Å²) >= 11 is 0. The van der Waals surface area contributed by atoms with Gasteiger partial charge in [0.05, 0.1) is 11.1 Å². The van der Waals surface area contributed by atoms with Crippen molar-refractivity contribution >= 4 is 5.78 Å². The molecule has 1 nitrogen and oxygen atoms in total. The first-order valence-electron chi connectivity index (χ1n) is 4.74. The van der Waals surface area contributed by atoms with Gasteiger partial charge in [0.25, 0.3) is 0 Å². The van der Waals surface area contributed by atoms with E-state index in [2.05, 4.69) is 0 Å². The Balaban J connectivity index is 2.48. The zero-order valence-corrected chi connectivity index (χ0v) is 8.28. The fourth-order valence-corrected chi connectivity index (χ4v) is 1.44. The molecule has 0 aliphatic rings. The van der Waals surface area contributed by atoms with Gasteiger partial charge in [-0.1, -0.05) is 24.3 Å². The highest BCUT2D eigenvalue weighted by atomic mass is 19.1. The van der Waals surface area contributed by atoms with Crippen LogP contribution < -0.4 is 0 Å². The number of hydrogen-bond acceptors (Lipinski definition) is 1. The lowest BCUT2D eigenvalue weighted by Gasteiger charge is -2.03. The topological polar surface area (TPSA) is 17.1 Å². The molecule has 0 heterocycles. The van der Waals surface area contributed by atoms with Crippen molar-refractivity contribution in [2.75, 3.05) is 0 Å². The minimum Gasteiger partial charge on any atom is -0.288 e. The molecule has 16 heavy (non-hydrogen) atoms. The first-order chi connectivity index (χ1) is 7.70. The second-order valence-corrected chi connectivity index (χ2v) is 3.29. The highest BCUT2D eigenvalue weighted by molar-refractivity contribution is 6.09. The van der Waals surface area contributed by atoms with Crippen LogP contribution in [0.25, 0.3) is 0 Å². The van der Waals surface area contributed by atoms with Gasteiger partial charge >= 0.3 is 0 Å². The number of halogens is 2. The Hall–Kier alpha value is -2.03. The summed E-state index contributed by atoms with van der Waals surface area (Å²) in [5.41, 5.74) is -0.236. The van der Waals surface area contributed by atoms with E-state index in [0.29, 0.717) is 0 Å². The molecule has 0 bridgehead atoms. The predicted molar refractivity (Wildman–Crippen MR) is 56.2 cm³/mol. The molecule has 0 radical (unpaired) electrons. The minimum atomic E-state index is -0.643. The molecular formula is C13H8F2O. The van der Waals surface area contributed by atoms with Gasteiger partial charge in [0.2, 0.25) is 0 Å². The number of rotatable bonds is 2. The van der Waals surface area contributed by atoms with Gasteiger partial charge in [-0.05, 0) is 24.3 Å². The van der Waals surface area contributed by atoms with Crippen molar-refractivity contribution < 1.29 is 13.6 Å². The predicted octanol–water partition coefficient (Wildman–Crippen LogP) is 3.20. The second-order valence-electron chi connectivity index (χ2n) is 3.29. The van der Waals surface area contributed by atoms with E-state index in [9.17, 15) is 13.6 Å². The molecule has 0 amide bonds. The zero-order chi connectivity index (χ0) is 11.5. The molecule has 0 atom stereocenters. The van der Waals surface area contributed by atoms with E-state index in [1.54, 1.807) is 0 Å². The van der Waals surface area contributed by atoms with Gasteiger partial charge in [-0.15, -0.1) is 0 Å². The smallest absolute Gasteiger partial charge is 0.198 e. The summed E-state index contributed by atoms with van der Waals surface area (Å²) in [7, 11) is 0. The molecule has 0 aliphatic heterocycles. The van der Waals surface area contributed by atoms with Crippen molar-refractivity contribution in [3.63, 3.8) is 0 Å². The van der Waals surface area contributed by atoms with Gasteiger partial charge in [0.15, 0.2) is 5.78 Å². The van der Waals surface area contributed by atoms with E-state index >= 15 is 0 Å². The van der Waals surface area contributed by atoms with E-state index in [1.807, 2.05) is 0 Å². The highest BCUT2D eigenvalue weighted by Gasteiger charge is 2.16. The molecule has 80 valence electrons. The van der Waals surface area contributed by atoms with E-state index in [-0.39, 0.29) is 11.1 Å². The maximum absolute atomic E-state index is 13.3. The van der Waals surface area contributed by atoms with Crippen LogP contribution in [0.2, 0.25) is 0 Å². The molecule has 0 aromatic heterocycles. The van der Waals surface area contributed by atoms with Crippen LogP contribution in [0.1, 0.15) is 15.9 Å². The Morgan fingerprint density at radius 1 is 0.750 bits per heavy atom. The Labute approximate surface area is 91.3 Å². The van der Waals surface area contributed by atoms with Crippen LogP contribution in [0.5, 0.6) is 0 Å². The fraction of sp³-hybridized carbons (Fsp3) is 0. The third-order valence-electron chi connectivity index (χ3n) is 2.24. The van der Waals surface area contributed by atoms with E-state index in [0.717, 1.165) is 0 Å². The maximum Gasteiger partial charge on any atom is 0.198 e. The van der Waals surface area contributed by atoms with E-state index < -0.39 is 17.4 Å². The maximum atomic E-state index is 13.3. The minimum absolute atomic E-state index is 0.118. The van der Waals surface area contributed by atoms with Crippen molar-refractivity contribution in [2.45, 2.75) is 0 Å². The lowest BCUT2D eigenvalue weighted by atomic mass is 10.0. The molecule has 0 spiro atoms. The molecule has 0 aliphatic carbocycles. The molecule has 0 saturated carbocycles. The van der Waals surface area contributed by atoms with Crippen LogP contribution in [-0.2, 0) is 0 Å². The summed E-state index contributed by atoms with van der Waals surface area (Å²) in [4.78, 5) is 11.8. The summed E-state index contributed by atoms with van der Waals surface area (Å²) in [5.74, 6) is -1.93. The van der Waals surface area contributed by atoms with Crippen molar-refractivity contribution in [3.05, 3.63) is 71.3 Å². The molecule has 2 aromatic carbocycles. The van der Waals surface area contributed by atoms with Gasteiger partial charge in [-0.2, -0.15) is 0 Å². The lowest BCUT2D eigenvalue weighted by Crippen LogP contribution is -2.06. The normalized spacial score (nSPS) is 10.1. The van der Waals surface area contributed by atoms with E-state index in [4.69, 9.17) is 0 Å². The highest BCUT2D eigenvalue weighted by Crippen LogP contribution is 2.15. The molecule has 0 fully saturated rings. The van der Waals surface area contributed by atoms with Crippen LogP contribution in [0.3, 0.4) is 0 Å². The standard InChI is InChI=1S/C13H8F2O/c14-11-7-3-1-5-9(11)13(16)10-6-2-4-8-12(10)15/h1-8H. The first-order valence-corrected chi connectivity index (χ1v) is 4.74. The molecular weight excluding hydrogens is 210 g/mol.